The molecule has 1 aliphatic rings. The summed E-state index contributed by atoms with van der Waals surface area (Å²) in [6.07, 6.45) is 4.63. The molecule has 4 rings (SSSR count). The average molecular weight is 549 g/mol. The van der Waals surface area contributed by atoms with E-state index in [0.29, 0.717) is 0 Å². The Labute approximate surface area is 193 Å². The van der Waals surface area contributed by atoms with E-state index in [9.17, 15) is 0 Å². The third-order valence-electron chi connectivity index (χ3n) is 5.10. The number of hydrogen-bond acceptors (Lipinski definition) is 3. The van der Waals surface area contributed by atoms with Gasteiger partial charge in [-0.15, -0.1) is 0 Å². The second-order valence-electron chi connectivity index (χ2n) is 7.59. The van der Waals surface area contributed by atoms with Gasteiger partial charge in [-0.2, -0.15) is 0 Å². The maximum atomic E-state index is 7.25. The van der Waals surface area contributed by atoms with Crippen molar-refractivity contribution in [1.29, 1.82) is 0 Å². The van der Waals surface area contributed by atoms with Crippen molar-refractivity contribution in [3.63, 3.8) is 0 Å². The normalized spacial score (nSPS) is 14.4. The summed E-state index contributed by atoms with van der Waals surface area (Å²) >= 11 is -0.445. The van der Waals surface area contributed by atoms with Crippen molar-refractivity contribution in [3.05, 3.63) is 94.2 Å². The Bertz CT molecular complexity index is 1120. The van der Waals surface area contributed by atoms with Crippen LogP contribution < -0.4 is 9.80 Å². The SMILES string of the molecule is CN(C)c1ccc(C2=CC(c3cccs3)=CC(c3ccc(N(C)C)cc3)=[Te]2Cl)cc1. The summed E-state index contributed by atoms with van der Waals surface area (Å²) in [5.41, 5.74) is 6.11. The van der Waals surface area contributed by atoms with E-state index >= 15 is 0 Å². The average Bonchev–Trinajstić information content (AvgIpc) is 3.29. The summed E-state index contributed by atoms with van der Waals surface area (Å²) < 4.78 is 2.62. The van der Waals surface area contributed by atoms with Gasteiger partial charge < -0.3 is 0 Å². The van der Waals surface area contributed by atoms with Crippen molar-refractivity contribution < 1.29 is 0 Å². The summed E-state index contributed by atoms with van der Waals surface area (Å²) in [7, 11) is 15.5. The van der Waals surface area contributed by atoms with E-state index in [1.807, 2.05) is 0 Å². The quantitative estimate of drug-likeness (QED) is 0.365. The Morgan fingerprint density at radius 1 is 0.733 bits per heavy atom. The van der Waals surface area contributed by atoms with Gasteiger partial charge in [-0.3, -0.25) is 0 Å². The number of thiophene rings is 1. The van der Waals surface area contributed by atoms with Crippen LogP contribution in [0.1, 0.15) is 16.0 Å². The van der Waals surface area contributed by atoms with Gasteiger partial charge in [-0.25, -0.2) is 0 Å². The summed E-state index contributed by atoms with van der Waals surface area (Å²) in [5, 5.41) is 2.13. The molecule has 0 fully saturated rings. The number of hydrogen-bond donors (Lipinski definition) is 0. The van der Waals surface area contributed by atoms with Gasteiger partial charge in [0, 0.05) is 0 Å². The fraction of sp³-hybridized carbons (Fsp3) is 0.160. The van der Waals surface area contributed by atoms with Crippen molar-refractivity contribution in [2.24, 2.45) is 0 Å². The van der Waals surface area contributed by atoms with Gasteiger partial charge in [-0.1, -0.05) is 0 Å². The zero-order valence-corrected chi connectivity index (χ0v) is 21.5. The number of benzene rings is 2. The van der Waals surface area contributed by atoms with Crippen LogP contribution in [0.25, 0.3) is 9.19 Å². The third kappa shape index (κ3) is 4.43. The van der Waals surface area contributed by atoms with Crippen LogP contribution in [0.2, 0.25) is 0 Å². The summed E-state index contributed by atoms with van der Waals surface area (Å²) in [6.45, 7) is 0. The molecule has 0 saturated heterocycles. The predicted octanol–water partition coefficient (Wildman–Crippen LogP) is 5.93. The number of rotatable bonds is 5. The van der Waals surface area contributed by atoms with Crippen molar-refractivity contribution in [2.75, 3.05) is 38.0 Å². The molecule has 0 radical (unpaired) electrons. The summed E-state index contributed by atoms with van der Waals surface area (Å²) in [6, 6.07) is 21.8. The maximum absolute atomic E-state index is 7.25. The van der Waals surface area contributed by atoms with Crippen molar-refractivity contribution in [3.8, 4) is 0 Å². The van der Waals surface area contributed by atoms with Crippen LogP contribution >= 0.6 is 20.3 Å². The molecule has 1 aliphatic heterocycles. The molecule has 0 amide bonds. The van der Waals surface area contributed by atoms with Crippen LogP contribution in [-0.4, -0.2) is 49.7 Å². The molecule has 0 bridgehead atoms. The molecule has 0 aliphatic carbocycles. The first kappa shape index (κ1) is 21.4. The number of allylic oxidation sites excluding steroid dienone is 3. The monoisotopic (exact) mass is 550 g/mol. The molecule has 2 nitrogen and oxygen atoms in total. The first-order valence-electron chi connectivity index (χ1n) is 9.74. The number of halogens is 1. The predicted molar refractivity (Wildman–Crippen MR) is 138 cm³/mol. The standard InChI is InChI=1S/C25H25ClN2STe/c1-27(2)21-11-7-18(8-12-21)24-16-20(23-6-5-15-29-23)17-25(30(24)26)19-9-13-22(14-10-19)28(3)4/h5-17H,1-4H3. The zero-order chi connectivity index (χ0) is 21.3. The Hall–Kier alpha value is -1.83. The van der Waals surface area contributed by atoms with E-state index in [1.54, 1.807) is 11.3 Å². The second kappa shape index (κ2) is 9.12. The molecule has 0 spiro atoms. The molecular weight excluding hydrogens is 523 g/mol. The van der Waals surface area contributed by atoms with Gasteiger partial charge in [0.25, 0.3) is 0 Å². The molecule has 2 aromatic carbocycles. The molecule has 0 atom stereocenters. The van der Waals surface area contributed by atoms with Gasteiger partial charge in [0.15, 0.2) is 0 Å². The Kier molecular flexibility index (Phi) is 6.51. The topological polar surface area (TPSA) is 6.48 Å². The van der Waals surface area contributed by atoms with Crippen LogP contribution in [0, 0.1) is 0 Å². The van der Waals surface area contributed by atoms with Gasteiger partial charge in [0.05, 0.1) is 0 Å². The first-order valence-corrected chi connectivity index (χ1v) is 15.9. The van der Waals surface area contributed by atoms with E-state index < -0.39 is 18.0 Å². The van der Waals surface area contributed by atoms with Crippen LogP contribution in [-0.2, 0) is 0 Å². The fourth-order valence-corrected chi connectivity index (χ4v) is 9.81. The molecule has 154 valence electrons. The van der Waals surface area contributed by atoms with E-state index in [4.69, 9.17) is 8.96 Å². The molecule has 0 saturated carbocycles. The minimum atomic E-state index is -2.22. The molecule has 5 heteroatoms. The number of nitrogens with zero attached hydrogens (tertiary/aromatic N) is 2. The molecule has 0 unspecified atom stereocenters. The summed E-state index contributed by atoms with van der Waals surface area (Å²) in [4.78, 5) is 5.53. The Balaban J connectivity index is 1.83. The van der Waals surface area contributed by atoms with Crippen molar-refractivity contribution in [2.45, 2.75) is 0 Å². The molecule has 2 heterocycles. The summed E-state index contributed by atoms with van der Waals surface area (Å²) in [5.74, 6) is 0. The van der Waals surface area contributed by atoms with Gasteiger partial charge in [0.1, 0.15) is 0 Å². The van der Waals surface area contributed by atoms with Crippen LogP contribution in [0.4, 0.5) is 11.4 Å². The second-order valence-corrected chi connectivity index (χ2v) is 14.6. The van der Waals surface area contributed by atoms with E-state index in [2.05, 4.69) is 116 Å². The van der Waals surface area contributed by atoms with Crippen LogP contribution in [0.15, 0.2) is 78.2 Å². The van der Waals surface area contributed by atoms with Crippen molar-refractivity contribution in [1.82, 2.24) is 0 Å². The number of anilines is 2. The van der Waals surface area contributed by atoms with Gasteiger partial charge in [-0.05, 0) is 0 Å². The van der Waals surface area contributed by atoms with Crippen molar-refractivity contribution >= 4 is 62.4 Å². The molecule has 30 heavy (non-hydrogen) atoms. The molecule has 1 aromatic heterocycles. The molecular formula is C25H25ClN2STe. The fourth-order valence-electron chi connectivity index (χ4n) is 3.35. The van der Waals surface area contributed by atoms with Gasteiger partial charge >= 0.3 is 195 Å². The third-order valence-corrected chi connectivity index (χ3v) is 12.5. The zero-order valence-electron chi connectivity index (χ0n) is 17.6. The Morgan fingerprint density at radius 3 is 1.80 bits per heavy atom. The Morgan fingerprint density at radius 2 is 1.30 bits per heavy atom. The van der Waals surface area contributed by atoms with Crippen LogP contribution in [0.3, 0.4) is 0 Å². The molecule has 3 aromatic rings. The molecule has 0 N–H and O–H groups in total. The first-order chi connectivity index (χ1) is 14.4. The van der Waals surface area contributed by atoms with E-state index in [-0.39, 0.29) is 0 Å². The van der Waals surface area contributed by atoms with E-state index in [1.165, 1.54) is 40.1 Å². The van der Waals surface area contributed by atoms with Gasteiger partial charge in [0.2, 0.25) is 0 Å². The van der Waals surface area contributed by atoms with E-state index in [0.717, 1.165) is 0 Å². The minimum absolute atomic E-state index is 1.20. The van der Waals surface area contributed by atoms with Crippen LogP contribution in [0.5, 0.6) is 0 Å².